The first-order chi connectivity index (χ1) is 6.25. The Hall–Kier alpha value is -0.0800. The molecule has 1 saturated heterocycles. The molecule has 0 aromatic rings. The molecule has 2 N–H and O–H groups in total. The van der Waals surface area contributed by atoms with Gasteiger partial charge >= 0.3 is 0 Å². The summed E-state index contributed by atoms with van der Waals surface area (Å²) in [6, 6.07) is 0.496. The molecule has 13 heavy (non-hydrogen) atoms. The van der Waals surface area contributed by atoms with Crippen LogP contribution in [0.2, 0.25) is 0 Å². The summed E-state index contributed by atoms with van der Waals surface area (Å²) in [5, 5.41) is 0. The van der Waals surface area contributed by atoms with E-state index in [0.717, 1.165) is 11.8 Å². The fourth-order valence-corrected chi connectivity index (χ4v) is 2.32. The minimum Gasteiger partial charge on any atom is -0.327 e. The van der Waals surface area contributed by atoms with Crippen LogP contribution in [0.25, 0.3) is 0 Å². The number of hydrogen-bond donors (Lipinski definition) is 1. The van der Waals surface area contributed by atoms with Crippen molar-refractivity contribution in [1.82, 2.24) is 4.90 Å². The maximum absolute atomic E-state index is 6.07. The first-order valence-corrected chi connectivity index (χ1v) is 5.73. The molecule has 2 heteroatoms. The van der Waals surface area contributed by atoms with Crippen molar-refractivity contribution in [3.05, 3.63) is 0 Å². The molecular weight excluding hydrogens is 160 g/mol. The Morgan fingerprint density at radius 2 is 2.15 bits per heavy atom. The van der Waals surface area contributed by atoms with E-state index < -0.39 is 0 Å². The molecule has 76 valence electrons. The van der Waals surface area contributed by atoms with Crippen LogP contribution in [0, 0.1) is 11.8 Å². The highest BCUT2D eigenvalue weighted by Gasteiger charge is 2.29. The summed E-state index contributed by atoms with van der Waals surface area (Å²) in [6.07, 6.45) is 5.38. The quantitative estimate of drug-likeness (QED) is 0.713. The minimum atomic E-state index is 0.496. The summed E-state index contributed by atoms with van der Waals surface area (Å²) in [6.45, 7) is 6.19. The zero-order chi connectivity index (χ0) is 9.26. The molecule has 0 aromatic carbocycles. The summed E-state index contributed by atoms with van der Waals surface area (Å²) in [5.41, 5.74) is 6.07. The van der Waals surface area contributed by atoms with Crippen molar-refractivity contribution in [3.8, 4) is 0 Å². The van der Waals surface area contributed by atoms with Crippen molar-refractivity contribution < 1.29 is 0 Å². The fourth-order valence-electron chi connectivity index (χ4n) is 2.32. The van der Waals surface area contributed by atoms with Gasteiger partial charge in [-0.3, -0.25) is 0 Å². The lowest BCUT2D eigenvalue weighted by Crippen LogP contribution is -2.30. The molecule has 2 aliphatic rings. The van der Waals surface area contributed by atoms with Gasteiger partial charge in [-0.05, 0) is 50.6 Å². The Labute approximate surface area is 81.5 Å². The lowest BCUT2D eigenvalue weighted by Gasteiger charge is -2.18. The van der Waals surface area contributed by atoms with E-state index in [4.69, 9.17) is 5.73 Å². The standard InChI is InChI=1S/C11H22N2/c1-9-4-6-13(8-9)7-5-11(12)10-2-3-10/h9-11H,2-8,12H2,1H3. The predicted octanol–water partition coefficient (Wildman–Crippen LogP) is 1.46. The average molecular weight is 182 g/mol. The van der Waals surface area contributed by atoms with Gasteiger partial charge in [-0.1, -0.05) is 6.92 Å². The second kappa shape index (κ2) is 3.97. The van der Waals surface area contributed by atoms with Crippen molar-refractivity contribution in [2.75, 3.05) is 19.6 Å². The normalized spacial score (nSPS) is 32.3. The Kier molecular flexibility index (Phi) is 2.89. The largest absolute Gasteiger partial charge is 0.327 e. The molecule has 2 nitrogen and oxygen atoms in total. The summed E-state index contributed by atoms with van der Waals surface area (Å²) in [7, 11) is 0. The maximum Gasteiger partial charge on any atom is 0.00793 e. The Bertz CT molecular complexity index is 165. The molecule has 0 aromatic heterocycles. The summed E-state index contributed by atoms with van der Waals surface area (Å²) in [4.78, 5) is 2.58. The number of nitrogens with two attached hydrogens (primary N) is 1. The Balaban J connectivity index is 1.61. The van der Waals surface area contributed by atoms with E-state index in [-0.39, 0.29) is 0 Å². The number of nitrogens with zero attached hydrogens (tertiary/aromatic N) is 1. The van der Waals surface area contributed by atoms with Gasteiger partial charge in [0.1, 0.15) is 0 Å². The zero-order valence-corrected chi connectivity index (χ0v) is 8.71. The third-order valence-electron chi connectivity index (χ3n) is 3.51. The molecule has 1 saturated carbocycles. The van der Waals surface area contributed by atoms with E-state index in [1.165, 1.54) is 45.3 Å². The van der Waals surface area contributed by atoms with Crippen molar-refractivity contribution in [2.45, 2.75) is 38.6 Å². The molecule has 1 aliphatic carbocycles. The third kappa shape index (κ3) is 2.68. The molecule has 0 spiro atoms. The SMILES string of the molecule is CC1CCN(CCC(N)C2CC2)C1. The van der Waals surface area contributed by atoms with Crippen LogP contribution in [0.4, 0.5) is 0 Å². The third-order valence-corrected chi connectivity index (χ3v) is 3.51. The molecule has 0 amide bonds. The van der Waals surface area contributed by atoms with Gasteiger partial charge in [-0.25, -0.2) is 0 Å². The van der Waals surface area contributed by atoms with E-state index >= 15 is 0 Å². The Morgan fingerprint density at radius 1 is 1.38 bits per heavy atom. The van der Waals surface area contributed by atoms with Crippen LogP contribution in [0.5, 0.6) is 0 Å². The Morgan fingerprint density at radius 3 is 2.69 bits per heavy atom. The van der Waals surface area contributed by atoms with Crippen LogP contribution >= 0.6 is 0 Å². The molecule has 1 aliphatic heterocycles. The number of likely N-dealkylation sites (tertiary alicyclic amines) is 1. The van der Waals surface area contributed by atoms with E-state index in [1.54, 1.807) is 0 Å². The molecule has 2 fully saturated rings. The summed E-state index contributed by atoms with van der Waals surface area (Å²) < 4.78 is 0. The van der Waals surface area contributed by atoms with E-state index in [9.17, 15) is 0 Å². The molecule has 0 bridgehead atoms. The lowest BCUT2D eigenvalue weighted by atomic mass is 10.1. The molecule has 1 heterocycles. The second-order valence-corrected chi connectivity index (χ2v) is 4.98. The van der Waals surface area contributed by atoms with Crippen molar-refractivity contribution in [2.24, 2.45) is 17.6 Å². The van der Waals surface area contributed by atoms with Crippen LogP contribution in [-0.2, 0) is 0 Å². The van der Waals surface area contributed by atoms with Crippen molar-refractivity contribution in [3.63, 3.8) is 0 Å². The summed E-state index contributed by atoms with van der Waals surface area (Å²) in [5.74, 6) is 1.79. The zero-order valence-electron chi connectivity index (χ0n) is 8.71. The topological polar surface area (TPSA) is 29.3 Å². The van der Waals surface area contributed by atoms with E-state index in [1.807, 2.05) is 0 Å². The maximum atomic E-state index is 6.07. The van der Waals surface area contributed by atoms with Gasteiger partial charge in [0.05, 0.1) is 0 Å². The van der Waals surface area contributed by atoms with Crippen molar-refractivity contribution in [1.29, 1.82) is 0 Å². The van der Waals surface area contributed by atoms with Gasteiger partial charge < -0.3 is 10.6 Å². The molecule has 0 radical (unpaired) electrons. The van der Waals surface area contributed by atoms with Crippen molar-refractivity contribution >= 4 is 0 Å². The highest BCUT2D eigenvalue weighted by atomic mass is 15.1. The number of rotatable bonds is 4. The molecule has 2 atom stereocenters. The van der Waals surface area contributed by atoms with Crippen LogP contribution in [0.15, 0.2) is 0 Å². The van der Waals surface area contributed by atoms with Gasteiger partial charge in [0.2, 0.25) is 0 Å². The van der Waals surface area contributed by atoms with Crippen LogP contribution < -0.4 is 5.73 Å². The molecular formula is C11H22N2. The predicted molar refractivity (Wildman–Crippen MR) is 55.5 cm³/mol. The lowest BCUT2D eigenvalue weighted by molar-refractivity contribution is 0.306. The van der Waals surface area contributed by atoms with Gasteiger partial charge in [-0.15, -0.1) is 0 Å². The first kappa shape index (κ1) is 9.47. The van der Waals surface area contributed by atoms with Crippen LogP contribution in [0.1, 0.15) is 32.6 Å². The van der Waals surface area contributed by atoms with Gasteiger partial charge in [0, 0.05) is 12.6 Å². The molecule has 2 rings (SSSR count). The van der Waals surface area contributed by atoms with E-state index in [2.05, 4.69) is 11.8 Å². The van der Waals surface area contributed by atoms with Crippen LogP contribution in [-0.4, -0.2) is 30.6 Å². The van der Waals surface area contributed by atoms with Gasteiger partial charge in [-0.2, -0.15) is 0 Å². The van der Waals surface area contributed by atoms with Crippen LogP contribution in [0.3, 0.4) is 0 Å². The van der Waals surface area contributed by atoms with Gasteiger partial charge in [0.15, 0.2) is 0 Å². The minimum absolute atomic E-state index is 0.496. The fraction of sp³-hybridized carbons (Fsp3) is 1.00. The average Bonchev–Trinajstić information content (AvgIpc) is 2.87. The monoisotopic (exact) mass is 182 g/mol. The van der Waals surface area contributed by atoms with Gasteiger partial charge in [0.25, 0.3) is 0 Å². The highest BCUT2D eigenvalue weighted by molar-refractivity contribution is 4.85. The highest BCUT2D eigenvalue weighted by Crippen LogP contribution is 2.33. The first-order valence-electron chi connectivity index (χ1n) is 5.73. The van der Waals surface area contributed by atoms with E-state index in [0.29, 0.717) is 6.04 Å². The number of hydrogen-bond acceptors (Lipinski definition) is 2. The molecule has 2 unspecified atom stereocenters. The second-order valence-electron chi connectivity index (χ2n) is 4.98. The smallest absolute Gasteiger partial charge is 0.00793 e. The summed E-state index contributed by atoms with van der Waals surface area (Å²) >= 11 is 0.